The standard InChI is InChI=1S/C29H31N3O3/c1-5-24(31(19-20(2)3)28(33)21-13-7-6-8-14-21)27-30-23-16-10-9-15-22(23)29(34)32(27)25-17-11-12-18-26(25)35-4/h6-18,20,24H,5,19H2,1-4H3. The Hall–Kier alpha value is -3.93. The first-order valence-electron chi connectivity index (χ1n) is 12.0. The van der Waals surface area contributed by atoms with Crippen LogP contribution in [0, 0.1) is 5.92 Å². The van der Waals surface area contributed by atoms with Crippen LogP contribution in [0.3, 0.4) is 0 Å². The van der Waals surface area contributed by atoms with Gasteiger partial charge in [0.1, 0.15) is 11.6 Å². The molecule has 1 heterocycles. The molecule has 0 N–H and O–H groups in total. The van der Waals surface area contributed by atoms with Crippen LogP contribution in [0.1, 0.15) is 49.4 Å². The first kappa shape index (κ1) is 24.2. The molecule has 180 valence electrons. The number of fused-ring (bicyclic) bond motifs is 1. The number of nitrogens with zero attached hydrogens (tertiary/aromatic N) is 3. The van der Waals surface area contributed by atoms with Crippen LogP contribution in [0.2, 0.25) is 0 Å². The largest absolute Gasteiger partial charge is 0.495 e. The lowest BCUT2D eigenvalue weighted by molar-refractivity contribution is 0.0631. The number of methoxy groups -OCH3 is 1. The molecule has 1 aromatic heterocycles. The van der Waals surface area contributed by atoms with Crippen LogP contribution in [-0.4, -0.2) is 34.0 Å². The van der Waals surface area contributed by atoms with Crippen molar-refractivity contribution < 1.29 is 9.53 Å². The molecule has 0 aliphatic carbocycles. The Kier molecular flexibility index (Phi) is 7.30. The van der Waals surface area contributed by atoms with Crippen LogP contribution in [0.4, 0.5) is 0 Å². The predicted octanol–water partition coefficient (Wildman–Crippen LogP) is 5.64. The second-order valence-electron chi connectivity index (χ2n) is 8.94. The van der Waals surface area contributed by atoms with E-state index in [9.17, 15) is 9.59 Å². The van der Waals surface area contributed by atoms with E-state index in [1.807, 2.05) is 84.6 Å². The number of rotatable bonds is 8. The van der Waals surface area contributed by atoms with Gasteiger partial charge in [-0.1, -0.05) is 63.2 Å². The van der Waals surface area contributed by atoms with Gasteiger partial charge in [0.15, 0.2) is 0 Å². The quantitative estimate of drug-likeness (QED) is 0.335. The summed E-state index contributed by atoms with van der Waals surface area (Å²) in [5.74, 6) is 1.22. The van der Waals surface area contributed by atoms with Crippen molar-refractivity contribution in [3.63, 3.8) is 0 Å². The van der Waals surface area contributed by atoms with Gasteiger partial charge in [0.2, 0.25) is 0 Å². The highest BCUT2D eigenvalue weighted by Crippen LogP contribution is 2.31. The van der Waals surface area contributed by atoms with Crippen LogP contribution in [0.15, 0.2) is 83.7 Å². The first-order chi connectivity index (χ1) is 17.0. The van der Waals surface area contributed by atoms with Crippen LogP contribution < -0.4 is 10.3 Å². The van der Waals surface area contributed by atoms with Crippen molar-refractivity contribution >= 4 is 16.8 Å². The molecule has 0 aliphatic rings. The van der Waals surface area contributed by atoms with Crippen molar-refractivity contribution in [1.82, 2.24) is 14.5 Å². The average molecular weight is 470 g/mol. The maximum absolute atomic E-state index is 13.9. The van der Waals surface area contributed by atoms with Gasteiger partial charge >= 0.3 is 0 Å². The Morgan fingerprint density at radius 2 is 1.63 bits per heavy atom. The molecule has 6 nitrogen and oxygen atoms in total. The summed E-state index contributed by atoms with van der Waals surface area (Å²) in [7, 11) is 1.58. The van der Waals surface area contributed by atoms with Gasteiger partial charge < -0.3 is 9.64 Å². The Balaban J connectivity index is 1.99. The highest BCUT2D eigenvalue weighted by Gasteiger charge is 2.30. The maximum atomic E-state index is 13.9. The van der Waals surface area contributed by atoms with Crippen molar-refractivity contribution in [1.29, 1.82) is 0 Å². The molecule has 1 amide bonds. The van der Waals surface area contributed by atoms with Crippen LogP contribution in [0.25, 0.3) is 16.6 Å². The fourth-order valence-corrected chi connectivity index (χ4v) is 4.45. The highest BCUT2D eigenvalue weighted by atomic mass is 16.5. The van der Waals surface area contributed by atoms with E-state index in [1.54, 1.807) is 17.7 Å². The summed E-state index contributed by atoms with van der Waals surface area (Å²) in [6.07, 6.45) is 0.589. The second kappa shape index (κ2) is 10.6. The van der Waals surface area contributed by atoms with E-state index in [0.29, 0.717) is 46.7 Å². The molecule has 1 unspecified atom stereocenters. The summed E-state index contributed by atoms with van der Waals surface area (Å²) in [6, 6.07) is 23.6. The van der Waals surface area contributed by atoms with Crippen LogP contribution >= 0.6 is 0 Å². The van der Waals surface area contributed by atoms with Crippen LogP contribution in [0.5, 0.6) is 5.75 Å². The molecule has 6 heteroatoms. The lowest BCUT2D eigenvalue weighted by Gasteiger charge is -2.34. The summed E-state index contributed by atoms with van der Waals surface area (Å²) < 4.78 is 7.22. The monoisotopic (exact) mass is 469 g/mol. The zero-order chi connectivity index (χ0) is 24.9. The van der Waals surface area contributed by atoms with Crippen LogP contribution in [-0.2, 0) is 0 Å². The second-order valence-corrected chi connectivity index (χ2v) is 8.94. The Bertz CT molecular complexity index is 1380. The maximum Gasteiger partial charge on any atom is 0.266 e. The average Bonchev–Trinajstić information content (AvgIpc) is 2.88. The number of carbonyl (C=O) groups excluding carboxylic acids is 1. The smallest absolute Gasteiger partial charge is 0.266 e. The minimum Gasteiger partial charge on any atom is -0.495 e. The van der Waals surface area contributed by atoms with Crippen molar-refractivity contribution in [3.05, 3.63) is 101 Å². The number of hydrogen-bond donors (Lipinski definition) is 0. The van der Waals surface area contributed by atoms with E-state index in [4.69, 9.17) is 9.72 Å². The van der Waals surface area contributed by atoms with Crippen molar-refractivity contribution in [3.8, 4) is 11.4 Å². The summed E-state index contributed by atoms with van der Waals surface area (Å²) in [4.78, 5) is 34.5. The number of aromatic nitrogens is 2. The topological polar surface area (TPSA) is 64.4 Å². The molecule has 0 spiro atoms. The molecule has 0 saturated carbocycles. The van der Waals surface area contributed by atoms with Gasteiger partial charge in [-0.25, -0.2) is 4.98 Å². The number of benzene rings is 3. The molecule has 0 saturated heterocycles. The zero-order valence-corrected chi connectivity index (χ0v) is 20.6. The third-order valence-electron chi connectivity index (χ3n) is 6.03. The van der Waals surface area contributed by atoms with E-state index in [0.717, 1.165) is 0 Å². The number of amides is 1. The minimum absolute atomic E-state index is 0.0832. The predicted molar refractivity (Wildman–Crippen MR) is 139 cm³/mol. The van der Waals surface area contributed by atoms with E-state index in [-0.39, 0.29) is 17.4 Å². The Morgan fingerprint density at radius 3 is 2.31 bits per heavy atom. The summed E-state index contributed by atoms with van der Waals surface area (Å²) in [5.41, 5.74) is 1.63. The number of hydrogen-bond acceptors (Lipinski definition) is 4. The van der Waals surface area contributed by atoms with E-state index in [2.05, 4.69) is 13.8 Å². The van der Waals surface area contributed by atoms with Gasteiger partial charge in [-0.15, -0.1) is 0 Å². The summed E-state index contributed by atoms with van der Waals surface area (Å²) in [5, 5.41) is 0.516. The number of carbonyl (C=O) groups is 1. The van der Waals surface area contributed by atoms with Gasteiger partial charge in [0, 0.05) is 12.1 Å². The van der Waals surface area contributed by atoms with Crippen molar-refractivity contribution in [2.75, 3.05) is 13.7 Å². The zero-order valence-electron chi connectivity index (χ0n) is 20.6. The minimum atomic E-state index is -0.424. The molecular weight excluding hydrogens is 438 g/mol. The lowest BCUT2D eigenvalue weighted by atomic mass is 10.1. The third kappa shape index (κ3) is 4.83. The molecule has 4 rings (SSSR count). The molecule has 0 radical (unpaired) electrons. The van der Waals surface area contributed by atoms with Gasteiger partial charge in [0.05, 0.1) is 29.7 Å². The molecule has 0 fully saturated rings. The van der Waals surface area contributed by atoms with Gasteiger partial charge in [-0.3, -0.25) is 14.2 Å². The third-order valence-corrected chi connectivity index (χ3v) is 6.03. The number of para-hydroxylation sites is 3. The molecular formula is C29H31N3O3. The SMILES string of the molecule is CCC(c1nc2ccccc2c(=O)n1-c1ccccc1OC)N(CC(C)C)C(=O)c1ccccc1. The van der Waals surface area contributed by atoms with E-state index >= 15 is 0 Å². The first-order valence-corrected chi connectivity index (χ1v) is 12.0. The highest BCUT2D eigenvalue weighted by molar-refractivity contribution is 5.94. The van der Waals surface area contributed by atoms with Gasteiger partial charge in [0.25, 0.3) is 11.5 Å². The number of ether oxygens (including phenoxy) is 1. The molecule has 35 heavy (non-hydrogen) atoms. The lowest BCUT2D eigenvalue weighted by Crippen LogP contribution is -2.40. The Morgan fingerprint density at radius 1 is 0.971 bits per heavy atom. The fourth-order valence-electron chi connectivity index (χ4n) is 4.45. The van der Waals surface area contributed by atoms with Crippen molar-refractivity contribution in [2.45, 2.75) is 33.2 Å². The fraction of sp³-hybridized carbons (Fsp3) is 0.276. The summed E-state index contributed by atoms with van der Waals surface area (Å²) >= 11 is 0. The molecule has 0 bridgehead atoms. The Labute approximate surface area is 205 Å². The molecule has 3 aromatic carbocycles. The van der Waals surface area contributed by atoms with E-state index < -0.39 is 6.04 Å². The van der Waals surface area contributed by atoms with Gasteiger partial charge in [-0.05, 0) is 48.7 Å². The molecule has 4 aromatic rings. The molecule has 1 atom stereocenters. The van der Waals surface area contributed by atoms with Crippen molar-refractivity contribution in [2.24, 2.45) is 5.92 Å². The van der Waals surface area contributed by atoms with Gasteiger partial charge in [-0.2, -0.15) is 0 Å². The normalized spacial score (nSPS) is 12.0. The summed E-state index contributed by atoms with van der Waals surface area (Å²) in [6.45, 7) is 6.71. The van der Waals surface area contributed by atoms with E-state index in [1.165, 1.54) is 0 Å². The molecule has 0 aliphatic heterocycles.